The van der Waals surface area contributed by atoms with Crippen LogP contribution in [0.5, 0.6) is 0 Å². The molecule has 1 N–H and O–H groups in total. The van der Waals surface area contributed by atoms with Crippen molar-refractivity contribution >= 4 is 11.9 Å². The molecule has 0 amide bonds. The Morgan fingerprint density at radius 2 is 1.76 bits per heavy atom. The smallest absolute Gasteiger partial charge is 0.339 e. The van der Waals surface area contributed by atoms with Crippen LogP contribution in [0.3, 0.4) is 0 Å². The van der Waals surface area contributed by atoms with Gasteiger partial charge in [-0.25, -0.2) is 14.8 Å². The fraction of sp³-hybridized carbons (Fsp3) is 0.292. The maximum atomic E-state index is 11.7. The Bertz CT molecular complexity index is 960. The number of aromatic carboxylic acids is 1. The molecule has 29 heavy (non-hydrogen) atoms. The van der Waals surface area contributed by atoms with Crippen LogP contribution in [0.15, 0.2) is 66.9 Å². The van der Waals surface area contributed by atoms with Gasteiger partial charge in [0.1, 0.15) is 5.56 Å². The Balaban J connectivity index is 1.62. The average molecular weight is 387 g/mol. The standard InChI is InChI=1S/C24H25N3O2/c28-23(29)21-17-25-24(26-22(21)19-11-5-2-6-12-19)27-16-8-7-13-20(27)15-14-18-9-3-1-4-10-18/h1-6,9-12,17,20H,7-8,13-16H2,(H,28,29)/t20-/m1/s1. The van der Waals surface area contributed by atoms with Crippen LogP contribution >= 0.6 is 0 Å². The summed E-state index contributed by atoms with van der Waals surface area (Å²) in [5.74, 6) is -0.374. The van der Waals surface area contributed by atoms with Gasteiger partial charge in [0.2, 0.25) is 5.95 Å². The summed E-state index contributed by atoms with van der Waals surface area (Å²) in [6.07, 6.45) is 6.92. The summed E-state index contributed by atoms with van der Waals surface area (Å²) in [5.41, 5.74) is 2.75. The zero-order chi connectivity index (χ0) is 20.1. The number of hydrogen-bond donors (Lipinski definition) is 1. The first-order valence-electron chi connectivity index (χ1n) is 10.2. The molecule has 1 aliphatic heterocycles. The van der Waals surface area contributed by atoms with Crippen molar-refractivity contribution in [2.75, 3.05) is 11.4 Å². The molecule has 0 unspecified atom stereocenters. The van der Waals surface area contributed by atoms with Crippen molar-refractivity contribution in [1.82, 2.24) is 9.97 Å². The van der Waals surface area contributed by atoms with E-state index in [4.69, 9.17) is 4.98 Å². The van der Waals surface area contributed by atoms with Gasteiger partial charge >= 0.3 is 5.97 Å². The SMILES string of the molecule is O=C(O)c1cnc(N2CCCC[C@@H]2CCc2ccccc2)nc1-c1ccccc1. The summed E-state index contributed by atoms with van der Waals surface area (Å²) in [6, 6.07) is 20.4. The molecule has 4 rings (SSSR count). The molecule has 0 bridgehead atoms. The second-order valence-electron chi connectivity index (χ2n) is 7.47. The monoisotopic (exact) mass is 387 g/mol. The summed E-state index contributed by atoms with van der Waals surface area (Å²) < 4.78 is 0. The summed E-state index contributed by atoms with van der Waals surface area (Å²) in [4.78, 5) is 23.2. The summed E-state index contributed by atoms with van der Waals surface area (Å²) in [6.45, 7) is 0.903. The lowest BCUT2D eigenvalue weighted by Gasteiger charge is -2.36. The summed E-state index contributed by atoms with van der Waals surface area (Å²) >= 11 is 0. The van der Waals surface area contributed by atoms with E-state index in [1.165, 1.54) is 18.2 Å². The van der Waals surface area contributed by atoms with Crippen molar-refractivity contribution in [2.24, 2.45) is 0 Å². The van der Waals surface area contributed by atoms with Crippen LogP contribution in [-0.4, -0.2) is 33.6 Å². The van der Waals surface area contributed by atoms with Crippen LogP contribution in [-0.2, 0) is 6.42 Å². The summed E-state index contributed by atoms with van der Waals surface area (Å²) in [5, 5.41) is 9.60. The average Bonchev–Trinajstić information content (AvgIpc) is 2.79. The highest BCUT2D eigenvalue weighted by Crippen LogP contribution is 2.28. The molecule has 1 atom stereocenters. The number of benzene rings is 2. The zero-order valence-corrected chi connectivity index (χ0v) is 16.4. The maximum Gasteiger partial charge on any atom is 0.339 e. The number of hydrogen-bond acceptors (Lipinski definition) is 4. The Hall–Kier alpha value is -3.21. The Labute approximate surface area is 171 Å². The maximum absolute atomic E-state index is 11.7. The zero-order valence-electron chi connectivity index (χ0n) is 16.4. The van der Waals surface area contributed by atoms with E-state index in [9.17, 15) is 9.90 Å². The van der Waals surface area contributed by atoms with Gasteiger partial charge in [0.05, 0.1) is 5.69 Å². The van der Waals surface area contributed by atoms with E-state index in [-0.39, 0.29) is 5.56 Å². The van der Waals surface area contributed by atoms with Crippen LogP contribution < -0.4 is 4.90 Å². The van der Waals surface area contributed by atoms with Crippen LogP contribution in [0.4, 0.5) is 5.95 Å². The predicted molar refractivity (Wildman–Crippen MR) is 114 cm³/mol. The largest absolute Gasteiger partial charge is 0.478 e. The quantitative estimate of drug-likeness (QED) is 0.656. The molecule has 5 heteroatoms. The van der Waals surface area contributed by atoms with Gasteiger partial charge in [-0.1, -0.05) is 60.7 Å². The molecule has 0 saturated carbocycles. The number of carboxylic acid groups (broad SMARTS) is 1. The van der Waals surface area contributed by atoms with Gasteiger partial charge in [-0.2, -0.15) is 0 Å². The number of piperidine rings is 1. The molecule has 1 saturated heterocycles. The molecule has 5 nitrogen and oxygen atoms in total. The van der Waals surface area contributed by atoms with E-state index in [0.29, 0.717) is 17.7 Å². The van der Waals surface area contributed by atoms with E-state index in [1.807, 2.05) is 36.4 Å². The second kappa shape index (κ2) is 8.86. The number of nitrogens with zero attached hydrogens (tertiary/aromatic N) is 3. The highest BCUT2D eigenvalue weighted by atomic mass is 16.4. The van der Waals surface area contributed by atoms with Crippen LogP contribution in [0, 0.1) is 0 Å². The number of aromatic nitrogens is 2. The molecule has 148 valence electrons. The summed E-state index contributed by atoms with van der Waals surface area (Å²) in [7, 11) is 0. The van der Waals surface area contributed by atoms with E-state index < -0.39 is 5.97 Å². The highest BCUT2D eigenvalue weighted by Gasteiger charge is 2.26. The van der Waals surface area contributed by atoms with Gasteiger partial charge in [0, 0.05) is 24.3 Å². The molecule has 3 aromatic rings. The van der Waals surface area contributed by atoms with Gasteiger partial charge in [-0.05, 0) is 37.7 Å². The first kappa shape index (κ1) is 19.1. The second-order valence-corrected chi connectivity index (χ2v) is 7.47. The van der Waals surface area contributed by atoms with E-state index in [2.05, 4.69) is 34.1 Å². The lowest BCUT2D eigenvalue weighted by atomic mass is 9.96. The Morgan fingerprint density at radius 3 is 2.48 bits per heavy atom. The predicted octanol–water partition coefficient (Wildman–Crippen LogP) is 4.83. The van der Waals surface area contributed by atoms with Crippen molar-refractivity contribution < 1.29 is 9.90 Å². The van der Waals surface area contributed by atoms with Gasteiger partial charge in [-0.3, -0.25) is 0 Å². The molecule has 2 heterocycles. The van der Waals surface area contributed by atoms with Crippen molar-refractivity contribution in [1.29, 1.82) is 0 Å². The molecular weight excluding hydrogens is 362 g/mol. The normalized spacial score (nSPS) is 16.6. The van der Waals surface area contributed by atoms with Crippen molar-refractivity contribution in [2.45, 2.75) is 38.1 Å². The van der Waals surface area contributed by atoms with Crippen molar-refractivity contribution in [3.63, 3.8) is 0 Å². The van der Waals surface area contributed by atoms with Crippen LogP contribution in [0.2, 0.25) is 0 Å². The van der Waals surface area contributed by atoms with E-state index in [0.717, 1.165) is 37.8 Å². The number of aryl methyl sites for hydroxylation is 1. The number of rotatable bonds is 6. The molecule has 1 fully saturated rings. The fourth-order valence-electron chi connectivity index (χ4n) is 4.03. The van der Waals surface area contributed by atoms with Gasteiger partial charge in [0.25, 0.3) is 0 Å². The topological polar surface area (TPSA) is 66.3 Å². The minimum atomic E-state index is -1.00. The molecule has 2 aromatic carbocycles. The lowest BCUT2D eigenvalue weighted by Crippen LogP contribution is -2.41. The van der Waals surface area contributed by atoms with Gasteiger partial charge < -0.3 is 10.0 Å². The molecule has 0 spiro atoms. The van der Waals surface area contributed by atoms with E-state index >= 15 is 0 Å². The van der Waals surface area contributed by atoms with Crippen molar-refractivity contribution in [3.05, 3.63) is 78.0 Å². The van der Waals surface area contributed by atoms with Crippen LogP contribution in [0.1, 0.15) is 41.6 Å². The number of carboxylic acids is 1. The minimum Gasteiger partial charge on any atom is -0.478 e. The molecule has 1 aliphatic rings. The molecule has 0 radical (unpaired) electrons. The first-order chi connectivity index (χ1) is 14.2. The number of carbonyl (C=O) groups is 1. The number of anilines is 1. The van der Waals surface area contributed by atoms with E-state index in [1.54, 1.807) is 0 Å². The molecule has 1 aromatic heterocycles. The highest BCUT2D eigenvalue weighted by molar-refractivity contribution is 5.94. The fourth-order valence-corrected chi connectivity index (χ4v) is 4.03. The third kappa shape index (κ3) is 4.45. The third-order valence-corrected chi connectivity index (χ3v) is 5.55. The van der Waals surface area contributed by atoms with Crippen molar-refractivity contribution in [3.8, 4) is 11.3 Å². The minimum absolute atomic E-state index is 0.137. The molecule has 0 aliphatic carbocycles. The Morgan fingerprint density at radius 1 is 1.03 bits per heavy atom. The Kier molecular flexibility index (Phi) is 5.84. The van der Waals surface area contributed by atoms with Crippen LogP contribution in [0.25, 0.3) is 11.3 Å². The third-order valence-electron chi connectivity index (χ3n) is 5.55. The lowest BCUT2D eigenvalue weighted by molar-refractivity contribution is 0.0697. The first-order valence-corrected chi connectivity index (χ1v) is 10.2. The van der Waals surface area contributed by atoms with Gasteiger partial charge in [0.15, 0.2) is 0 Å². The van der Waals surface area contributed by atoms with Gasteiger partial charge in [-0.15, -0.1) is 0 Å². The molecular formula is C24H25N3O2.